The molecule has 0 unspecified atom stereocenters. The zero-order chi connectivity index (χ0) is 67.5. The van der Waals surface area contributed by atoms with Crippen molar-refractivity contribution in [2.24, 2.45) is 0 Å². The Labute approximate surface area is 590 Å². The van der Waals surface area contributed by atoms with E-state index in [2.05, 4.69) is 346 Å². The van der Waals surface area contributed by atoms with Crippen molar-refractivity contribution >= 4 is 64.6 Å². The van der Waals surface area contributed by atoms with Gasteiger partial charge in [0, 0.05) is 33.4 Å². The van der Waals surface area contributed by atoms with Crippen molar-refractivity contribution in [3.8, 4) is 135 Å². The molecule has 17 aromatic carbocycles. The summed E-state index contributed by atoms with van der Waals surface area (Å²) in [6.45, 7) is 0. The Morgan fingerprint density at radius 1 is 0.127 bits per heavy atom. The predicted molar refractivity (Wildman–Crippen MR) is 423 cm³/mol. The lowest BCUT2D eigenvalue weighted by molar-refractivity contribution is 1.07. The van der Waals surface area contributed by atoms with Crippen molar-refractivity contribution in [1.82, 2.24) is 29.9 Å². The van der Waals surface area contributed by atoms with Crippen molar-refractivity contribution in [3.05, 3.63) is 364 Å². The molecule has 0 radical (unpaired) electrons. The standard InChI is InChI=1S/C96H60N6/c1-4-20-61(21-5-1)62-40-46-71(47-41-62)93-100-95(86-35-19-17-30-78(86)67-24-8-3-9-25-67)102-96(101-93)90-82-33-15-12-28-75(82)60-88-80-55-53-73(58-76(80)54-57-84(88)90)65-38-36-63(37-39-65)64-42-48-70(49-43-64)91-97-92(99-94(98-91)85-34-18-16-29-77(85)66-22-6-2-7-23-66)72-50-44-69(45-51-72)89-81-32-14-11-27-74(81)59-87-79-31-13-10-26-68(79)52-56-83(87)89/h1-60H. The fraction of sp³-hybridized carbons (Fsp3) is 0. The van der Waals surface area contributed by atoms with E-state index in [-0.39, 0.29) is 0 Å². The van der Waals surface area contributed by atoms with Crippen LogP contribution in [0, 0.1) is 0 Å². The van der Waals surface area contributed by atoms with Gasteiger partial charge >= 0.3 is 0 Å². The van der Waals surface area contributed by atoms with Gasteiger partial charge < -0.3 is 0 Å². The molecule has 6 heteroatoms. The summed E-state index contributed by atoms with van der Waals surface area (Å²) in [6.07, 6.45) is 0. The molecule has 6 nitrogen and oxygen atoms in total. The molecule has 0 bridgehead atoms. The zero-order valence-corrected chi connectivity index (χ0v) is 55.3. The first-order valence-electron chi connectivity index (χ1n) is 34.6. The highest BCUT2D eigenvalue weighted by Gasteiger charge is 2.22. The fourth-order valence-electron chi connectivity index (χ4n) is 14.9. The maximum atomic E-state index is 5.47. The number of hydrogen-bond acceptors (Lipinski definition) is 6. The minimum absolute atomic E-state index is 0.597. The maximum Gasteiger partial charge on any atom is 0.165 e. The topological polar surface area (TPSA) is 77.3 Å². The van der Waals surface area contributed by atoms with Crippen LogP contribution in [-0.4, -0.2) is 29.9 Å². The highest BCUT2D eigenvalue weighted by molar-refractivity contribution is 6.21. The number of benzene rings is 17. The molecule has 0 saturated carbocycles. The molecule has 2 aromatic heterocycles. The van der Waals surface area contributed by atoms with Crippen LogP contribution >= 0.6 is 0 Å². The lowest BCUT2D eigenvalue weighted by Gasteiger charge is -2.16. The van der Waals surface area contributed by atoms with Gasteiger partial charge in [0.1, 0.15) is 0 Å². The van der Waals surface area contributed by atoms with E-state index >= 15 is 0 Å². The third-order valence-corrected chi connectivity index (χ3v) is 20.0. The second-order valence-electron chi connectivity index (χ2n) is 26.0. The van der Waals surface area contributed by atoms with Gasteiger partial charge in [0.2, 0.25) is 0 Å². The second-order valence-corrected chi connectivity index (χ2v) is 26.0. The first-order chi connectivity index (χ1) is 50.5. The van der Waals surface area contributed by atoms with Crippen molar-refractivity contribution in [3.63, 3.8) is 0 Å². The smallest absolute Gasteiger partial charge is 0.165 e. The lowest BCUT2D eigenvalue weighted by Crippen LogP contribution is -2.02. The number of hydrogen-bond donors (Lipinski definition) is 0. The van der Waals surface area contributed by atoms with Gasteiger partial charge in [0.15, 0.2) is 34.9 Å². The molecular weight excluding hydrogens is 1240 g/mol. The maximum absolute atomic E-state index is 5.47. The monoisotopic (exact) mass is 1300 g/mol. The second kappa shape index (κ2) is 25.3. The average molecular weight is 1300 g/mol. The third kappa shape index (κ3) is 10.9. The summed E-state index contributed by atoms with van der Waals surface area (Å²) in [5, 5.41) is 14.0. The van der Waals surface area contributed by atoms with E-state index in [4.69, 9.17) is 29.9 Å². The summed E-state index contributed by atoms with van der Waals surface area (Å²) in [7, 11) is 0. The van der Waals surface area contributed by atoms with Crippen molar-refractivity contribution in [2.45, 2.75) is 0 Å². The Balaban J connectivity index is 0.655. The van der Waals surface area contributed by atoms with Gasteiger partial charge in [-0.2, -0.15) is 0 Å². The van der Waals surface area contributed by atoms with E-state index in [1.54, 1.807) is 0 Å². The van der Waals surface area contributed by atoms with E-state index in [1.165, 1.54) is 37.9 Å². The van der Waals surface area contributed by atoms with Gasteiger partial charge in [-0.3, -0.25) is 0 Å². The Bertz CT molecular complexity index is 6440. The Hall–Kier alpha value is -13.7. The molecule has 0 atom stereocenters. The molecule has 2 heterocycles. The van der Waals surface area contributed by atoms with Gasteiger partial charge in [-0.1, -0.05) is 346 Å². The molecule has 19 aromatic rings. The molecule has 474 valence electrons. The van der Waals surface area contributed by atoms with Crippen molar-refractivity contribution in [2.75, 3.05) is 0 Å². The van der Waals surface area contributed by atoms with Gasteiger partial charge in [0.05, 0.1) is 0 Å². The number of fused-ring (bicyclic) bond motifs is 8. The molecule has 0 aliphatic heterocycles. The largest absolute Gasteiger partial charge is 0.208 e. The summed E-state index contributed by atoms with van der Waals surface area (Å²) < 4.78 is 0. The van der Waals surface area contributed by atoms with E-state index in [9.17, 15) is 0 Å². The van der Waals surface area contributed by atoms with Gasteiger partial charge in [-0.05, 0) is 150 Å². The Morgan fingerprint density at radius 2 is 0.422 bits per heavy atom. The van der Waals surface area contributed by atoms with Gasteiger partial charge in [0.25, 0.3) is 0 Å². The SMILES string of the molecule is c1ccc(-c2ccc(-c3nc(-c4ccccc4-c4ccccc4)nc(-c4c5ccccc5cc5c4ccc4cc(-c6ccc(-c7ccc(-c8nc(-c9ccc(-c%10c%11ccccc%11cc%11c%10ccc%10ccccc%10%11)cc9)nc(-c9ccccc9-c9ccccc9)n8)cc7)cc6)ccc45)n3)cc2)cc1. The lowest BCUT2D eigenvalue weighted by atomic mass is 9.89. The van der Waals surface area contributed by atoms with Crippen LogP contribution in [0.4, 0.5) is 0 Å². The van der Waals surface area contributed by atoms with E-state index in [1.807, 2.05) is 18.2 Å². The third-order valence-electron chi connectivity index (χ3n) is 20.0. The van der Waals surface area contributed by atoms with Crippen LogP contribution in [0.1, 0.15) is 0 Å². The number of nitrogens with zero attached hydrogens (tertiary/aromatic N) is 6. The summed E-state index contributed by atoms with van der Waals surface area (Å²) in [5.41, 5.74) is 18.9. The van der Waals surface area contributed by atoms with Crippen molar-refractivity contribution < 1.29 is 0 Å². The Kier molecular flexibility index (Phi) is 14.8. The molecule has 0 spiro atoms. The molecule has 0 fully saturated rings. The molecule has 102 heavy (non-hydrogen) atoms. The molecule has 0 aliphatic carbocycles. The summed E-state index contributed by atoms with van der Waals surface area (Å²) >= 11 is 0. The molecule has 0 aliphatic rings. The van der Waals surface area contributed by atoms with E-state index in [0.717, 1.165) is 127 Å². The van der Waals surface area contributed by atoms with Crippen LogP contribution in [0.5, 0.6) is 0 Å². The van der Waals surface area contributed by atoms with Crippen LogP contribution < -0.4 is 0 Å². The highest BCUT2D eigenvalue weighted by Crippen LogP contribution is 2.44. The molecule has 0 N–H and O–H groups in total. The van der Waals surface area contributed by atoms with Gasteiger partial charge in [-0.15, -0.1) is 0 Å². The average Bonchev–Trinajstić information content (AvgIpc) is 0.744. The predicted octanol–water partition coefficient (Wildman–Crippen LogP) is 25.0. The summed E-state index contributed by atoms with van der Waals surface area (Å²) in [6, 6.07) is 129. The van der Waals surface area contributed by atoms with Gasteiger partial charge in [-0.25, -0.2) is 29.9 Å². The first kappa shape index (κ1) is 59.6. The normalized spacial score (nSPS) is 11.5. The van der Waals surface area contributed by atoms with Crippen LogP contribution in [0.25, 0.3) is 200 Å². The summed E-state index contributed by atoms with van der Waals surface area (Å²) in [4.78, 5) is 32.0. The van der Waals surface area contributed by atoms with E-state index < -0.39 is 0 Å². The van der Waals surface area contributed by atoms with Crippen molar-refractivity contribution in [1.29, 1.82) is 0 Å². The van der Waals surface area contributed by atoms with Crippen LogP contribution in [-0.2, 0) is 0 Å². The minimum atomic E-state index is 0.597. The fourth-order valence-corrected chi connectivity index (χ4v) is 14.9. The van der Waals surface area contributed by atoms with Crippen LogP contribution in [0.3, 0.4) is 0 Å². The Morgan fingerprint density at radius 3 is 0.922 bits per heavy atom. The molecular formula is C96H60N6. The quantitative estimate of drug-likeness (QED) is 0.0896. The zero-order valence-electron chi connectivity index (χ0n) is 55.3. The number of aromatic nitrogens is 6. The summed E-state index contributed by atoms with van der Waals surface area (Å²) in [5.74, 6) is 3.64. The number of rotatable bonds is 12. The highest BCUT2D eigenvalue weighted by atomic mass is 15.0. The molecule has 0 saturated heterocycles. The minimum Gasteiger partial charge on any atom is -0.208 e. The first-order valence-corrected chi connectivity index (χ1v) is 34.6. The molecule has 0 amide bonds. The van der Waals surface area contributed by atoms with Crippen LogP contribution in [0.2, 0.25) is 0 Å². The van der Waals surface area contributed by atoms with E-state index in [0.29, 0.717) is 34.9 Å². The molecule has 19 rings (SSSR count). The van der Waals surface area contributed by atoms with Crippen LogP contribution in [0.15, 0.2) is 364 Å².